The van der Waals surface area contributed by atoms with E-state index < -0.39 is 5.97 Å². The van der Waals surface area contributed by atoms with Crippen LogP contribution in [0.4, 0.5) is 5.69 Å². The number of amidine groups is 1. The van der Waals surface area contributed by atoms with Crippen molar-refractivity contribution in [3.63, 3.8) is 0 Å². The summed E-state index contributed by atoms with van der Waals surface area (Å²) < 4.78 is 5.93. The first-order chi connectivity index (χ1) is 16.5. The number of carbonyl (C=O) groups excluding carboxylic acids is 1. The monoisotopic (exact) mass is 492 g/mol. The van der Waals surface area contributed by atoms with Crippen LogP contribution in [-0.4, -0.2) is 33.1 Å². The lowest BCUT2D eigenvalue weighted by Gasteiger charge is -2.22. The van der Waals surface area contributed by atoms with Crippen LogP contribution < -0.4 is 0 Å². The van der Waals surface area contributed by atoms with Gasteiger partial charge in [-0.2, -0.15) is 0 Å². The van der Waals surface area contributed by atoms with Crippen LogP contribution in [0.15, 0.2) is 75.0 Å². The van der Waals surface area contributed by atoms with Gasteiger partial charge in [-0.3, -0.25) is 9.69 Å². The number of hydrogen-bond acceptors (Lipinski definition) is 5. The van der Waals surface area contributed by atoms with E-state index in [9.17, 15) is 14.7 Å². The van der Waals surface area contributed by atoms with Gasteiger partial charge in [0.15, 0.2) is 5.17 Å². The predicted molar refractivity (Wildman–Crippen MR) is 134 cm³/mol. The number of aromatic carboxylic acids is 1. The summed E-state index contributed by atoms with van der Waals surface area (Å²) >= 11 is 7.32. The van der Waals surface area contributed by atoms with E-state index in [1.165, 1.54) is 23.9 Å². The fourth-order valence-electron chi connectivity index (χ4n) is 4.22. The van der Waals surface area contributed by atoms with E-state index in [1.54, 1.807) is 24.3 Å². The molecule has 2 heterocycles. The Morgan fingerprint density at radius 2 is 1.88 bits per heavy atom. The number of thioether (sulfide) groups is 1. The first kappa shape index (κ1) is 22.5. The highest BCUT2D eigenvalue weighted by atomic mass is 35.5. The van der Waals surface area contributed by atoms with Crippen LogP contribution in [0.25, 0.3) is 17.4 Å². The number of nitrogens with zero attached hydrogens (tertiary/aromatic N) is 2. The predicted octanol–water partition coefficient (Wildman–Crippen LogP) is 6.84. The third-order valence-electron chi connectivity index (χ3n) is 5.89. The highest BCUT2D eigenvalue weighted by Gasteiger charge is 2.39. The van der Waals surface area contributed by atoms with Gasteiger partial charge in [0.1, 0.15) is 11.5 Å². The molecule has 1 amide bonds. The Labute approximate surface area is 205 Å². The van der Waals surface area contributed by atoms with Crippen molar-refractivity contribution in [2.45, 2.75) is 31.7 Å². The molecule has 1 aromatic heterocycles. The van der Waals surface area contributed by atoms with Crippen molar-refractivity contribution in [2.75, 3.05) is 0 Å². The third-order valence-corrected chi connectivity index (χ3v) is 7.20. The Morgan fingerprint density at radius 1 is 1.12 bits per heavy atom. The van der Waals surface area contributed by atoms with Gasteiger partial charge in [-0.05, 0) is 67.1 Å². The van der Waals surface area contributed by atoms with Crippen LogP contribution in [0, 0.1) is 0 Å². The molecule has 0 unspecified atom stereocenters. The number of rotatable bonds is 5. The second-order valence-corrected chi connectivity index (χ2v) is 9.57. The summed E-state index contributed by atoms with van der Waals surface area (Å²) in [5, 5.41) is 10.2. The summed E-state index contributed by atoms with van der Waals surface area (Å²) in [4.78, 5) is 31.9. The number of carboxylic acids is 1. The Hall–Kier alpha value is -3.29. The molecule has 1 saturated heterocycles. The van der Waals surface area contributed by atoms with Gasteiger partial charge < -0.3 is 9.52 Å². The van der Waals surface area contributed by atoms with Gasteiger partial charge in [-0.1, -0.05) is 42.6 Å². The molecule has 1 aliphatic carbocycles. The van der Waals surface area contributed by atoms with E-state index in [0.29, 0.717) is 27.2 Å². The van der Waals surface area contributed by atoms with E-state index in [4.69, 9.17) is 21.0 Å². The van der Waals surface area contributed by atoms with Gasteiger partial charge in [0.2, 0.25) is 0 Å². The van der Waals surface area contributed by atoms with E-state index in [1.807, 2.05) is 35.2 Å². The minimum absolute atomic E-state index is 0.00553. The lowest BCUT2D eigenvalue weighted by Crippen LogP contribution is -2.37. The number of carboxylic acid groups (broad SMARTS) is 1. The molecule has 5 rings (SSSR count). The molecule has 1 saturated carbocycles. The molecule has 0 spiro atoms. The third kappa shape index (κ3) is 4.54. The highest BCUT2D eigenvalue weighted by molar-refractivity contribution is 8.18. The van der Waals surface area contributed by atoms with Crippen molar-refractivity contribution < 1.29 is 19.1 Å². The largest absolute Gasteiger partial charge is 0.478 e. The molecule has 2 fully saturated rings. The molecule has 0 atom stereocenters. The Bertz CT molecular complexity index is 1310. The number of aliphatic imine (C=N–C) groups is 1. The van der Waals surface area contributed by atoms with Gasteiger partial charge in [0.25, 0.3) is 5.91 Å². The van der Waals surface area contributed by atoms with E-state index >= 15 is 0 Å². The molecule has 1 aliphatic heterocycles. The van der Waals surface area contributed by atoms with Crippen molar-refractivity contribution in [3.05, 3.63) is 81.9 Å². The molecule has 6 nitrogen and oxygen atoms in total. The Morgan fingerprint density at radius 3 is 2.62 bits per heavy atom. The molecular weight excluding hydrogens is 472 g/mol. The SMILES string of the molecule is O=C(O)c1cc(-c2ccc(C=C3SC(=Nc4ccccc4)N(C4CCCC4)C3=O)o2)ccc1Cl. The summed E-state index contributed by atoms with van der Waals surface area (Å²) in [6.45, 7) is 0. The molecular formula is C26H21ClN2O4S. The summed E-state index contributed by atoms with van der Waals surface area (Å²) in [5.74, 6) is -0.174. The maximum absolute atomic E-state index is 13.4. The number of hydrogen-bond donors (Lipinski definition) is 1. The molecule has 34 heavy (non-hydrogen) atoms. The quantitative estimate of drug-likeness (QED) is 0.394. The van der Waals surface area contributed by atoms with Crippen molar-refractivity contribution in [2.24, 2.45) is 4.99 Å². The topological polar surface area (TPSA) is 83.1 Å². The lowest BCUT2D eigenvalue weighted by molar-refractivity contribution is -0.123. The lowest BCUT2D eigenvalue weighted by atomic mass is 10.1. The van der Waals surface area contributed by atoms with Crippen LogP contribution in [0.3, 0.4) is 0 Å². The zero-order chi connectivity index (χ0) is 23.7. The summed E-state index contributed by atoms with van der Waals surface area (Å²) in [5.41, 5.74) is 1.40. The van der Waals surface area contributed by atoms with E-state index in [-0.39, 0.29) is 22.5 Å². The first-order valence-electron chi connectivity index (χ1n) is 11.0. The first-order valence-corrected chi connectivity index (χ1v) is 12.2. The second-order valence-electron chi connectivity index (χ2n) is 8.16. The standard InChI is InChI=1S/C26H21ClN2O4S/c27-21-12-10-16(14-20(21)25(31)32)22-13-11-19(33-22)15-23-24(30)29(18-8-4-5-9-18)26(34-23)28-17-6-2-1-3-7-17/h1-3,6-7,10-15,18H,4-5,8-9H2,(H,31,32). The van der Waals surface area contributed by atoms with Gasteiger partial charge in [-0.25, -0.2) is 9.79 Å². The molecule has 172 valence electrons. The number of carbonyl (C=O) groups is 2. The summed E-state index contributed by atoms with van der Waals surface area (Å²) in [7, 11) is 0. The molecule has 3 aromatic rings. The van der Waals surface area contributed by atoms with Crippen LogP contribution in [0.2, 0.25) is 5.02 Å². The van der Waals surface area contributed by atoms with Gasteiger partial charge in [0.05, 0.1) is 21.2 Å². The molecule has 0 bridgehead atoms. The Balaban J connectivity index is 1.45. The number of benzene rings is 2. The van der Waals surface area contributed by atoms with Crippen LogP contribution in [0.1, 0.15) is 41.8 Å². The normalized spacial score (nSPS) is 19.0. The maximum Gasteiger partial charge on any atom is 0.337 e. The molecule has 2 aromatic carbocycles. The average molecular weight is 493 g/mol. The van der Waals surface area contributed by atoms with Gasteiger partial charge in [0, 0.05) is 17.7 Å². The average Bonchev–Trinajstić information content (AvgIpc) is 3.57. The van der Waals surface area contributed by atoms with Crippen molar-refractivity contribution >= 4 is 52.2 Å². The number of para-hydroxylation sites is 1. The minimum Gasteiger partial charge on any atom is -0.478 e. The molecule has 1 N–H and O–H groups in total. The summed E-state index contributed by atoms with van der Waals surface area (Å²) in [6, 6.07) is 18.0. The van der Waals surface area contributed by atoms with Crippen molar-refractivity contribution in [1.29, 1.82) is 0 Å². The molecule has 0 radical (unpaired) electrons. The zero-order valence-corrected chi connectivity index (χ0v) is 19.7. The number of furan rings is 1. The number of amides is 1. The highest BCUT2D eigenvalue weighted by Crippen LogP contribution is 2.39. The van der Waals surface area contributed by atoms with Crippen molar-refractivity contribution in [3.8, 4) is 11.3 Å². The fraction of sp³-hybridized carbons (Fsp3) is 0.192. The minimum atomic E-state index is -1.11. The molecule has 8 heteroatoms. The molecule has 2 aliphatic rings. The summed E-state index contributed by atoms with van der Waals surface area (Å²) in [6.07, 6.45) is 5.89. The van der Waals surface area contributed by atoms with Crippen LogP contribution in [-0.2, 0) is 4.79 Å². The van der Waals surface area contributed by atoms with Gasteiger partial charge >= 0.3 is 5.97 Å². The Kier molecular flexibility index (Phi) is 6.30. The number of halogens is 1. The van der Waals surface area contributed by atoms with Gasteiger partial charge in [-0.15, -0.1) is 0 Å². The zero-order valence-electron chi connectivity index (χ0n) is 18.1. The van der Waals surface area contributed by atoms with Crippen molar-refractivity contribution in [1.82, 2.24) is 4.90 Å². The van der Waals surface area contributed by atoms with Crippen LogP contribution >= 0.6 is 23.4 Å². The van der Waals surface area contributed by atoms with Crippen LogP contribution in [0.5, 0.6) is 0 Å². The second kappa shape index (κ2) is 9.52. The maximum atomic E-state index is 13.4. The smallest absolute Gasteiger partial charge is 0.337 e. The fourth-order valence-corrected chi connectivity index (χ4v) is 5.46. The van der Waals surface area contributed by atoms with E-state index in [2.05, 4.69) is 0 Å². The van der Waals surface area contributed by atoms with E-state index in [0.717, 1.165) is 31.4 Å².